The van der Waals surface area contributed by atoms with Gasteiger partial charge in [0.25, 0.3) is 0 Å². The fourth-order valence-corrected chi connectivity index (χ4v) is 2.92. The van der Waals surface area contributed by atoms with E-state index in [0.29, 0.717) is 13.1 Å². The first-order chi connectivity index (χ1) is 10.5. The molecule has 0 fully saturated rings. The first-order valence-corrected chi connectivity index (χ1v) is 8.36. The van der Waals surface area contributed by atoms with Crippen molar-refractivity contribution in [3.05, 3.63) is 40.3 Å². The summed E-state index contributed by atoms with van der Waals surface area (Å²) >= 11 is 1.67. The van der Waals surface area contributed by atoms with Gasteiger partial charge in [0.1, 0.15) is 0 Å². The quantitative estimate of drug-likeness (QED) is 0.852. The summed E-state index contributed by atoms with van der Waals surface area (Å²) in [5.41, 5.74) is 1.14. The molecule has 2 aromatic rings. The highest BCUT2D eigenvalue weighted by atomic mass is 32.1. The number of nitrogens with zero attached hydrogens (tertiary/aromatic N) is 3. The number of hydrogen-bond acceptors (Lipinski definition) is 4. The lowest BCUT2D eigenvalue weighted by atomic mass is 10.1. The highest BCUT2D eigenvalue weighted by Gasteiger charge is 2.17. The Morgan fingerprint density at radius 2 is 2.27 bits per heavy atom. The third-order valence-electron chi connectivity index (χ3n) is 3.85. The number of carbonyl (C=O) groups is 1. The molecule has 2 heterocycles. The van der Waals surface area contributed by atoms with Crippen LogP contribution in [0.4, 0.5) is 0 Å². The molecule has 2 aromatic heterocycles. The smallest absolute Gasteiger partial charge is 0.236 e. The lowest BCUT2D eigenvalue weighted by Crippen LogP contribution is -2.41. The normalized spacial score (nSPS) is 13.8. The van der Waals surface area contributed by atoms with Crippen molar-refractivity contribution < 1.29 is 4.79 Å². The Labute approximate surface area is 135 Å². The van der Waals surface area contributed by atoms with Gasteiger partial charge < -0.3 is 10.2 Å². The zero-order valence-corrected chi connectivity index (χ0v) is 14.4. The Hall–Kier alpha value is -1.66. The summed E-state index contributed by atoms with van der Waals surface area (Å²) in [5.74, 6) is 0.101. The minimum Gasteiger partial charge on any atom is -0.340 e. The number of nitrogens with one attached hydrogen (secondary N) is 1. The molecule has 0 saturated carbocycles. The summed E-state index contributed by atoms with van der Waals surface area (Å²) in [6.45, 7) is 7.21. The van der Waals surface area contributed by atoms with E-state index in [9.17, 15) is 4.79 Å². The Bertz CT molecular complexity index is 593. The largest absolute Gasteiger partial charge is 0.340 e. The number of aromatic nitrogens is 2. The lowest BCUT2D eigenvalue weighted by molar-refractivity contribution is -0.129. The molecule has 0 aliphatic rings. The zero-order chi connectivity index (χ0) is 16.1. The van der Waals surface area contributed by atoms with Crippen molar-refractivity contribution in [1.82, 2.24) is 20.0 Å². The molecular formula is C16H24N4OS. The van der Waals surface area contributed by atoms with Gasteiger partial charge in [0, 0.05) is 24.2 Å². The van der Waals surface area contributed by atoms with Crippen molar-refractivity contribution in [2.24, 2.45) is 0 Å². The van der Waals surface area contributed by atoms with Crippen LogP contribution in [0.2, 0.25) is 0 Å². The summed E-state index contributed by atoms with van der Waals surface area (Å²) in [5, 5.41) is 9.66. The van der Waals surface area contributed by atoms with E-state index in [1.165, 1.54) is 4.88 Å². The molecule has 0 radical (unpaired) electrons. The van der Waals surface area contributed by atoms with Gasteiger partial charge in [0.05, 0.1) is 25.3 Å². The van der Waals surface area contributed by atoms with E-state index in [2.05, 4.69) is 24.3 Å². The minimum atomic E-state index is 0.101. The van der Waals surface area contributed by atoms with E-state index in [1.54, 1.807) is 16.2 Å². The number of aryl methyl sites for hydroxylation is 1. The van der Waals surface area contributed by atoms with Gasteiger partial charge in [-0.05, 0) is 37.8 Å². The Balaban J connectivity index is 1.79. The van der Waals surface area contributed by atoms with Crippen molar-refractivity contribution in [2.45, 2.75) is 39.4 Å². The topological polar surface area (TPSA) is 50.2 Å². The maximum absolute atomic E-state index is 12.2. The van der Waals surface area contributed by atoms with E-state index in [4.69, 9.17) is 0 Å². The monoisotopic (exact) mass is 320 g/mol. The second kappa shape index (κ2) is 7.56. The van der Waals surface area contributed by atoms with Gasteiger partial charge in [-0.1, -0.05) is 6.07 Å². The predicted octanol–water partition coefficient (Wildman–Crippen LogP) is 2.45. The standard InChI is InChI=1S/C16H24N4OS/c1-12-8-18-20(10-12)14(3)13(2)17-9-16(21)19(4)11-15-6-5-7-22-15/h5-8,10,13-14,17H,9,11H2,1-4H3/t13-,14-/m0/s1. The predicted molar refractivity (Wildman–Crippen MR) is 89.9 cm³/mol. The van der Waals surface area contributed by atoms with Crippen LogP contribution in [0.3, 0.4) is 0 Å². The van der Waals surface area contributed by atoms with Crippen LogP contribution in [0.15, 0.2) is 29.9 Å². The van der Waals surface area contributed by atoms with Crippen LogP contribution in [0.5, 0.6) is 0 Å². The first-order valence-electron chi connectivity index (χ1n) is 7.48. The highest BCUT2D eigenvalue weighted by molar-refractivity contribution is 7.09. The maximum Gasteiger partial charge on any atom is 0.236 e. The van der Waals surface area contributed by atoms with Gasteiger partial charge in [-0.15, -0.1) is 11.3 Å². The van der Waals surface area contributed by atoms with E-state index in [-0.39, 0.29) is 18.0 Å². The highest BCUT2D eigenvalue weighted by Crippen LogP contribution is 2.12. The van der Waals surface area contributed by atoms with Gasteiger partial charge in [-0.2, -0.15) is 5.10 Å². The molecular weight excluding hydrogens is 296 g/mol. The van der Waals surface area contributed by atoms with Crippen LogP contribution in [-0.2, 0) is 11.3 Å². The van der Waals surface area contributed by atoms with Crippen molar-refractivity contribution in [2.75, 3.05) is 13.6 Å². The molecule has 1 N–H and O–H groups in total. The van der Waals surface area contributed by atoms with E-state index in [0.717, 1.165) is 5.56 Å². The molecule has 5 nitrogen and oxygen atoms in total. The van der Waals surface area contributed by atoms with Gasteiger partial charge in [-0.3, -0.25) is 9.48 Å². The summed E-state index contributed by atoms with van der Waals surface area (Å²) in [4.78, 5) is 15.1. The lowest BCUT2D eigenvalue weighted by Gasteiger charge is -2.23. The van der Waals surface area contributed by atoms with Crippen molar-refractivity contribution in [3.63, 3.8) is 0 Å². The summed E-state index contributed by atoms with van der Waals surface area (Å²) in [7, 11) is 1.84. The molecule has 0 aliphatic carbocycles. The van der Waals surface area contributed by atoms with Gasteiger partial charge in [0.15, 0.2) is 0 Å². The molecule has 22 heavy (non-hydrogen) atoms. The molecule has 2 rings (SSSR count). The van der Waals surface area contributed by atoms with Crippen LogP contribution < -0.4 is 5.32 Å². The molecule has 2 atom stereocenters. The fourth-order valence-electron chi connectivity index (χ4n) is 2.16. The number of thiophene rings is 1. The van der Waals surface area contributed by atoms with Crippen molar-refractivity contribution in [3.8, 4) is 0 Å². The van der Waals surface area contributed by atoms with Crippen LogP contribution in [-0.4, -0.2) is 40.2 Å². The van der Waals surface area contributed by atoms with Crippen molar-refractivity contribution >= 4 is 17.2 Å². The Morgan fingerprint density at radius 1 is 1.50 bits per heavy atom. The second-order valence-corrected chi connectivity index (χ2v) is 6.77. The van der Waals surface area contributed by atoms with Gasteiger partial charge in [-0.25, -0.2) is 0 Å². The average Bonchev–Trinajstić information content (AvgIpc) is 3.15. The third-order valence-corrected chi connectivity index (χ3v) is 4.71. The molecule has 0 spiro atoms. The third kappa shape index (κ3) is 4.42. The van der Waals surface area contributed by atoms with Crippen molar-refractivity contribution in [1.29, 1.82) is 0 Å². The molecule has 6 heteroatoms. The van der Waals surface area contributed by atoms with Gasteiger partial charge in [0.2, 0.25) is 5.91 Å². The van der Waals surface area contributed by atoms with Gasteiger partial charge >= 0.3 is 0 Å². The molecule has 0 unspecified atom stereocenters. The SMILES string of the molecule is Cc1cnn([C@@H](C)[C@H](C)NCC(=O)N(C)Cc2cccs2)c1. The summed E-state index contributed by atoms with van der Waals surface area (Å²) in [6.07, 6.45) is 3.87. The molecule has 0 saturated heterocycles. The summed E-state index contributed by atoms with van der Waals surface area (Å²) in [6, 6.07) is 4.42. The molecule has 0 aromatic carbocycles. The average molecular weight is 320 g/mol. The Morgan fingerprint density at radius 3 is 2.86 bits per heavy atom. The molecule has 1 amide bonds. The number of likely N-dealkylation sites (N-methyl/N-ethyl adjacent to an activating group) is 1. The van der Waals surface area contributed by atoms with E-state index in [1.807, 2.05) is 48.6 Å². The van der Waals surface area contributed by atoms with Crippen LogP contribution >= 0.6 is 11.3 Å². The number of carbonyl (C=O) groups excluding carboxylic acids is 1. The van der Waals surface area contributed by atoms with Crippen LogP contribution in [0, 0.1) is 6.92 Å². The van der Waals surface area contributed by atoms with E-state index >= 15 is 0 Å². The molecule has 0 aliphatic heterocycles. The van der Waals surface area contributed by atoms with Crippen LogP contribution in [0.25, 0.3) is 0 Å². The molecule has 0 bridgehead atoms. The zero-order valence-electron chi connectivity index (χ0n) is 13.6. The van der Waals surface area contributed by atoms with E-state index < -0.39 is 0 Å². The number of hydrogen-bond donors (Lipinski definition) is 1. The number of rotatable bonds is 7. The molecule has 120 valence electrons. The second-order valence-electron chi connectivity index (χ2n) is 5.74. The summed E-state index contributed by atoms with van der Waals surface area (Å²) < 4.78 is 1.94. The fraction of sp³-hybridized carbons (Fsp3) is 0.500. The van der Waals surface area contributed by atoms with Crippen LogP contribution in [0.1, 0.15) is 30.3 Å². The minimum absolute atomic E-state index is 0.101. The number of amides is 1. The first kappa shape index (κ1) is 16.7. The maximum atomic E-state index is 12.2. The Kier molecular flexibility index (Phi) is 5.74.